The van der Waals surface area contributed by atoms with E-state index in [1.807, 2.05) is 13.0 Å². The summed E-state index contributed by atoms with van der Waals surface area (Å²) in [6.45, 7) is 1.83. The average Bonchev–Trinajstić information content (AvgIpc) is 2.19. The van der Waals surface area contributed by atoms with Gasteiger partial charge < -0.3 is 5.11 Å². The number of hydrogen-bond donors (Lipinski definition) is 1. The van der Waals surface area contributed by atoms with Gasteiger partial charge in [-0.1, -0.05) is 48.9 Å². The van der Waals surface area contributed by atoms with Gasteiger partial charge in [0.2, 0.25) is 0 Å². The summed E-state index contributed by atoms with van der Waals surface area (Å²) in [4.78, 5) is 11.0. The lowest BCUT2D eigenvalue weighted by Gasteiger charge is -2.04. The molecule has 2 nitrogen and oxygen atoms in total. The van der Waals surface area contributed by atoms with Gasteiger partial charge in [-0.15, -0.1) is 0 Å². The highest BCUT2D eigenvalue weighted by atomic mass is 35.5. The van der Waals surface area contributed by atoms with Gasteiger partial charge in [-0.2, -0.15) is 0 Å². The molecule has 14 heavy (non-hydrogen) atoms. The van der Waals surface area contributed by atoms with E-state index in [4.69, 9.17) is 16.7 Å². The second kappa shape index (κ2) is 4.82. The van der Waals surface area contributed by atoms with E-state index in [0.717, 1.165) is 0 Å². The molecule has 0 fully saturated rings. The molecular weight excluding hydrogens is 200 g/mol. The molecule has 74 valence electrons. The van der Waals surface area contributed by atoms with Crippen molar-refractivity contribution in [1.82, 2.24) is 0 Å². The van der Waals surface area contributed by atoms with E-state index in [0.29, 0.717) is 17.0 Å². The van der Waals surface area contributed by atoms with Crippen molar-refractivity contribution in [2.45, 2.75) is 13.3 Å². The molecular formula is C11H11ClO2. The summed E-state index contributed by atoms with van der Waals surface area (Å²) in [6, 6.07) is 8.89. The van der Waals surface area contributed by atoms with Crippen LogP contribution < -0.4 is 0 Å². The van der Waals surface area contributed by atoms with Gasteiger partial charge >= 0.3 is 5.97 Å². The Balaban J connectivity index is 3.21. The van der Waals surface area contributed by atoms with Crippen molar-refractivity contribution in [2.24, 2.45) is 0 Å². The number of allylic oxidation sites excluding steroid dienone is 1. The molecule has 0 amide bonds. The molecule has 0 aliphatic rings. The maximum absolute atomic E-state index is 11.0. The molecule has 0 atom stereocenters. The van der Waals surface area contributed by atoms with Crippen molar-refractivity contribution in [3.63, 3.8) is 0 Å². The Bertz CT molecular complexity index is 355. The third-order valence-corrected chi connectivity index (χ3v) is 2.31. The van der Waals surface area contributed by atoms with Gasteiger partial charge in [0.25, 0.3) is 0 Å². The van der Waals surface area contributed by atoms with Crippen LogP contribution in [0.4, 0.5) is 0 Å². The standard InChI is InChI=1S/C11H11ClO2/c1-2-9(12)10(11(13)14)8-6-4-3-5-7-8/h3-7H,2H2,1H3,(H,13,14)/b10-9-. The monoisotopic (exact) mass is 210 g/mol. The van der Waals surface area contributed by atoms with Gasteiger partial charge in [-0.25, -0.2) is 4.79 Å². The Morgan fingerprint density at radius 1 is 1.36 bits per heavy atom. The fourth-order valence-electron chi connectivity index (χ4n) is 1.18. The highest BCUT2D eigenvalue weighted by Crippen LogP contribution is 2.23. The minimum absolute atomic E-state index is 0.190. The summed E-state index contributed by atoms with van der Waals surface area (Å²) in [5, 5.41) is 9.36. The molecule has 1 aromatic rings. The largest absolute Gasteiger partial charge is 0.478 e. The van der Waals surface area contributed by atoms with Crippen LogP contribution in [0.2, 0.25) is 0 Å². The number of benzene rings is 1. The first-order valence-corrected chi connectivity index (χ1v) is 4.72. The van der Waals surface area contributed by atoms with E-state index in [1.54, 1.807) is 24.3 Å². The Labute approximate surface area is 87.8 Å². The first kappa shape index (κ1) is 10.8. The second-order valence-corrected chi connectivity index (χ2v) is 3.26. The number of hydrogen-bond acceptors (Lipinski definition) is 1. The Hall–Kier alpha value is -1.28. The normalized spacial score (nSPS) is 12.1. The van der Waals surface area contributed by atoms with Crippen LogP contribution in [0.3, 0.4) is 0 Å². The van der Waals surface area contributed by atoms with Crippen LogP contribution >= 0.6 is 11.6 Å². The molecule has 0 saturated heterocycles. The average molecular weight is 211 g/mol. The first-order chi connectivity index (χ1) is 6.66. The van der Waals surface area contributed by atoms with Crippen molar-refractivity contribution >= 4 is 23.1 Å². The molecule has 0 aliphatic carbocycles. The minimum atomic E-state index is -0.983. The molecule has 0 bridgehead atoms. The number of carboxylic acids is 1. The third-order valence-electron chi connectivity index (χ3n) is 1.86. The predicted molar refractivity (Wildman–Crippen MR) is 57.1 cm³/mol. The Morgan fingerprint density at radius 2 is 1.93 bits per heavy atom. The molecule has 0 unspecified atom stereocenters. The Morgan fingerprint density at radius 3 is 2.36 bits per heavy atom. The van der Waals surface area contributed by atoms with Gasteiger partial charge in [0, 0.05) is 5.03 Å². The van der Waals surface area contributed by atoms with Crippen LogP contribution in [-0.4, -0.2) is 11.1 Å². The minimum Gasteiger partial charge on any atom is -0.478 e. The van der Waals surface area contributed by atoms with Crippen molar-refractivity contribution < 1.29 is 9.90 Å². The number of aliphatic carboxylic acids is 1. The molecule has 1 aromatic carbocycles. The number of rotatable bonds is 3. The topological polar surface area (TPSA) is 37.3 Å². The van der Waals surface area contributed by atoms with Crippen molar-refractivity contribution in [3.05, 3.63) is 40.9 Å². The van der Waals surface area contributed by atoms with Gasteiger partial charge in [-0.05, 0) is 12.0 Å². The molecule has 0 aromatic heterocycles. The molecule has 1 rings (SSSR count). The maximum Gasteiger partial charge on any atom is 0.337 e. The van der Waals surface area contributed by atoms with Crippen molar-refractivity contribution in [1.29, 1.82) is 0 Å². The number of carboxylic acid groups (broad SMARTS) is 1. The van der Waals surface area contributed by atoms with E-state index >= 15 is 0 Å². The van der Waals surface area contributed by atoms with Gasteiger partial charge in [0.05, 0.1) is 5.57 Å². The molecule has 0 spiro atoms. The van der Waals surface area contributed by atoms with E-state index in [9.17, 15) is 4.79 Å². The summed E-state index contributed by atoms with van der Waals surface area (Å²) in [7, 11) is 0. The first-order valence-electron chi connectivity index (χ1n) is 4.34. The van der Waals surface area contributed by atoms with Gasteiger partial charge in [-0.3, -0.25) is 0 Å². The smallest absolute Gasteiger partial charge is 0.337 e. The van der Waals surface area contributed by atoms with E-state index in [2.05, 4.69) is 0 Å². The lowest BCUT2D eigenvalue weighted by atomic mass is 10.1. The number of halogens is 1. The van der Waals surface area contributed by atoms with Gasteiger partial charge in [0.1, 0.15) is 0 Å². The highest BCUT2D eigenvalue weighted by molar-refractivity contribution is 6.38. The van der Waals surface area contributed by atoms with Crippen molar-refractivity contribution in [3.8, 4) is 0 Å². The van der Waals surface area contributed by atoms with Crippen LogP contribution in [0.25, 0.3) is 5.57 Å². The maximum atomic E-state index is 11.0. The molecule has 0 saturated carbocycles. The highest BCUT2D eigenvalue weighted by Gasteiger charge is 2.13. The molecule has 0 aliphatic heterocycles. The fraction of sp³-hybridized carbons (Fsp3) is 0.182. The van der Waals surface area contributed by atoms with Crippen molar-refractivity contribution in [2.75, 3.05) is 0 Å². The zero-order valence-electron chi connectivity index (χ0n) is 7.83. The summed E-state index contributed by atoms with van der Waals surface area (Å²) < 4.78 is 0. The molecule has 0 radical (unpaired) electrons. The van der Waals surface area contributed by atoms with E-state index in [1.165, 1.54) is 0 Å². The molecule has 3 heteroatoms. The van der Waals surface area contributed by atoms with E-state index in [-0.39, 0.29) is 5.57 Å². The van der Waals surface area contributed by atoms with Crippen LogP contribution in [0.1, 0.15) is 18.9 Å². The Kier molecular flexibility index (Phi) is 3.72. The van der Waals surface area contributed by atoms with E-state index < -0.39 is 5.97 Å². The van der Waals surface area contributed by atoms with Crippen LogP contribution in [0.5, 0.6) is 0 Å². The summed E-state index contributed by atoms with van der Waals surface area (Å²) >= 11 is 5.86. The summed E-state index contributed by atoms with van der Waals surface area (Å²) in [5.74, 6) is -0.983. The SMILES string of the molecule is CC/C(Cl)=C(/C(=O)O)c1ccccc1. The van der Waals surface area contributed by atoms with Crippen LogP contribution in [0, 0.1) is 0 Å². The van der Waals surface area contributed by atoms with Crippen LogP contribution in [0.15, 0.2) is 35.4 Å². The zero-order valence-corrected chi connectivity index (χ0v) is 8.58. The molecule has 0 heterocycles. The summed E-state index contributed by atoms with van der Waals surface area (Å²) in [5.41, 5.74) is 0.835. The fourth-order valence-corrected chi connectivity index (χ4v) is 1.37. The van der Waals surface area contributed by atoms with Gasteiger partial charge in [0.15, 0.2) is 0 Å². The predicted octanol–water partition coefficient (Wildman–Crippen LogP) is 3.13. The lowest BCUT2D eigenvalue weighted by molar-refractivity contribution is -0.130. The quantitative estimate of drug-likeness (QED) is 0.779. The third kappa shape index (κ3) is 2.36. The zero-order chi connectivity index (χ0) is 10.6. The van der Waals surface area contributed by atoms with Crippen LogP contribution in [-0.2, 0) is 4.79 Å². The molecule has 1 N–H and O–H groups in total. The number of carbonyl (C=O) groups is 1. The summed E-state index contributed by atoms with van der Waals surface area (Å²) in [6.07, 6.45) is 0.526. The second-order valence-electron chi connectivity index (χ2n) is 2.80. The lowest BCUT2D eigenvalue weighted by Crippen LogP contribution is -2.01.